The fourth-order valence-corrected chi connectivity index (χ4v) is 2.75. The van der Waals surface area contributed by atoms with E-state index >= 15 is 0 Å². The van der Waals surface area contributed by atoms with Gasteiger partial charge in [0, 0.05) is 6.54 Å². The first-order chi connectivity index (χ1) is 8.42. The zero-order valence-corrected chi connectivity index (χ0v) is 11.2. The number of rotatable bonds is 6. The Hall–Kier alpha value is -1.40. The smallest absolute Gasteiger partial charge is 0.310 e. The minimum atomic E-state index is -3.48. The first kappa shape index (κ1) is 14.7. The summed E-state index contributed by atoms with van der Waals surface area (Å²) in [5, 5.41) is 9.01. The number of carboxylic acids is 1. The zero-order valence-electron chi connectivity index (χ0n) is 10.4. The van der Waals surface area contributed by atoms with E-state index in [1.165, 1.54) is 12.1 Å². The van der Waals surface area contributed by atoms with Crippen molar-refractivity contribution in [3.05, 3.63) is 29.8 Å². The van der Waals surface area contributed by atoms with E-state index in [-0.39, 0.29) is 4.90 Å². The van der Waals surface area contributed by atoms with Gasteiger partial charge in [-0.1, -0.05) is 26.0 Å². The predicted octanol–water partition coefficient (Wildman–Crippen LogP) is 1.56. The van der Waals surface area contributed by atoms with Crippen LogP contribution in [-0.2, 0) is 14.8 Å². The Morgan fingerprint density at radius 1 is 1.28 bits per heavy atom. The maximum absolute atomic E-state index is 11.7. The maximum atomic E-state index is 11.7. The molecule has 0 aromatic heterocycles. The van der Waals surface area contributed by atoms with Crippen molar-refractivity contribution in [3.8, 4) is 0 Å². The van der Waals surface area contributed by atoms with Gasteiger partial charge in [-0.15, -0.1) is 0 Å². The first-order valence-electron chi connectivity index (χ1n) is 5.74. The minimum absolute atomic E-state index is 0.147. The van der Waals surface area contributed by atoms with Gasteiger partial charge in [-0.2, -0.15) is 0 Å². The number of nitrogens with one attached hydrogen (secondary N) is 1. The van der Waals surface area contributed by atoms with Crippen molar-refractivity contribution in [3.63, 3.8) is 0 Å². The summed E-state index contributed by atoms with van der Waals surface area (Å²) in [5.41, 5.74) is 0.612. The van der Waals surface area contributed by atoms with Crippen LogP contribution in [0.3, 0.4) is 0 Å². The van der Waals surface area contributed by atoms with Gasteiger partial charge in [0.2, 0.25) is 10.0 Å². The third-order valence-electron chi connectivity index (χ3n) is 2.63. The summed E-state index contributed by atoms with van der Waals surface area (Å²) in [7, 11) is -3.48. The van der Waals surface area contributed by atoms with Crippen LogP contribution in [0, 0.1) is 0 Å². The standard InChI is InChI=1S/C12H17NO4S/c1-3-11(12(14)15)9-5-7-10(8-6-9)18(16,17)13-4-2/h5-8,11,13H,3-4H2,1-2H3,(H,14,15). The number of carboxylic acid groups (broad SMARTS) is 1. The fraction of sp³-hybridized carbons (Fsp3) is 0.417. The topological polar surface area (TPSA) is 83.5 Å². The Morgan fingerprint density at radius 3 is 2.22 bits per heavy atom. The van der Waals surface area contributed by atoms with Crippen LogP contribution in [0.1, 0.15) is 31.7 Å². The molecule has 1 rings (SSSR count). The molecule has 0 aliphatic carbocycles. The number of sulfonamides is 1. The van der Waals surface area contributed by atoms with Gasteiger partial charge >= 0.3 is 5.97 Å². The minimum Gasteiger partial charge on any atom is -0.481 e. The summed E-state index contributed by atoms with van der Waals surface area (Å²) in [4.78, 5) is 11.1. The second-order valence-electron chi connectivity index (χ2n) is 3.87. The molecular weight excluding hydrogens is 254 g/mol. The van der Waals surface area contributed by atoms with E-state index < -0.39 is 21.9 Å². The van der Waals surface area contributed by atoms with Crippen molar-refractivity contribution >= 4 is 16.0 Å². The van der Waals surface area contributed by atoms with Crippen LogP contribution in [0.25, 0.3) is 0 Å². The van der Waals surface area contributed by atoms with Gasteiger partial charge < -0.3 is 5.11 Å². The molecule has 1 unspecified atom stereocenters. The van der Waals surface area contributed by atoms with Crippen molar-refractivity contribution in [2.24, 2.45) is 0 Å². The molecule has 0 spiro atoms. The van der Waals surface area contributed by atoms with Crippen LogP contribution in [0.4, 0.5) is 0 Å². The van der Waals surface area contributed by atoms with Crippen molar-refractivity contribution in [1.29, 1.82) is 0 Å². The van der Waals surface area contributed by atoms with Gasteiger partial charge in [-0.25, -0.2) is 13.1 Å². The number of benzene rings is 1. The average Bonchev–Trinajstić information content (AvgIpc) is 2.30. The number of aliphatic carboxylic acids is 1. The molecule has 0 aliphatic heterocycles. The molecule has 0 saturated heterocycles. The highest BCUT2D eigenvalue weighted by Gasteiger charge is 2.19. The summed E-state index contributed by atoms with van der Waals surface area (Å²) in [6.07, 6.45) is 0.467. The Bertz CT molecular complexity index is 507. The molecule has 5 nitrogen and oxygen atoms in total. The van der Waals surface area contributed by atoms with Crippen LogP contribution >= 0.6 is 0 Å². The van der Waals surface area contributed by atoms with Gasteiger partial charge in [0.15, 0.2) is 0 Å². The van der Waals surface area contributed by atoms with Crippen LogP contribution in [0.5, 0.6) is 0 Å². The van der Waals surface area contributed by atoms with E-state index in [0.29, 0.717) is 18.5 Å². The van der Waals surface area contributed by atoms with Gasteiger partial charge in [-0.05, 0) is 24.1 Å². The highest BCUT2D eigenvalue weighted by molar-refractivity contribution is 7.89. The molecule has 6 heteroatoms. The number of hydrogen-bond donors (Lipinski definition) is 2. The van der Waals surface area contributed by atoms with Crippen molar-refractivity contribution in [2.45, 2.75) is 31.1 Å². The lowest BCUT2D eigenvalue weighted by molar-refractivity contribution is -0.138. The summed E-state index contributed by atoms with van der Waals surface area (Å²) in [6.45, 7) is 3.79. The van der Waals surface area contributed by atoms with E-state index in [1.807, 2.05) is 0 Å². The molecule has 0 aliphatic rings. The van der Waals surface area contributed by atoms with Crippen molar-refractivity contribution in [2.75, 3.05) is 6.54 Å². The summed E-state index contributed by atoms with van der Waals surface area (Å²) in [5.74, 6) is -1.50. The van der Waals surface area contributed by atoms with Crippen molar-refractivity contribution < 1.29 is 18.3 Å². The lowest BCUT2D eigenvalue weighted by Crippen LogP contribution is -2.23. The number of carbonyl (C=O) groups is 1. The first-order valence-corrected chi connectivity index (χ1v) is 7.23. The maximum Gasteiger partial charge on any atom is 0.310 e. The molecule has 100 valence electrons. The van der Waals surface area contributed by atoms with E-state index in [9.17, 15) is 13.2 Å². The quantitative estimate of drug-likeness (QED) is 0.822. The summed E-state index contributed by atoms with van der Waals surface area (Å²) in [6, 6.07) is 5.96. The van der Waals surface area contributed by atoms with E-state index in [2.05, 4.69) is 4.72 Å². The largest absolute Gasteiger partial charge is 0.481 e. The Kier molecular flexibility index (Phi) is 4.86. The van der Waals surface area contributed by atoms with Gasteiger partial charge in [0.05, 0.1) is 10.8 Å². The van der Waals surface area contributed by atoms with Crippen LogP contribution in [0.2, 0.25) is 0 Å². The predicted molar refractivity (Wildman–Crippen MR) is 68.0 cm³/mol. The molecule has 0 heterocycles. The van der Waals surface area contributed by atoms with Gasteiger partial charge in [0.1, 0.15) is 0 Å². The molecular formula is C12H17NO4S. The van der Waals surface area contributed by atoms with Crippen molar-refractivity contribution in [1.82, 2.24) is 4.72 Å². The number of hydrogen-bond acceptors (Lipinski definition) is 3. The SMILES string of the molecule is CCNS(=O)(=O)c1ccc(C(CC)C(=O)O)cc1. The Labute approximate surface area is 107 Å². The normalized spacial score (nSPS) is 13.2. The Morgan fingerprint density at radius 2 is 1.83 bits per heavy atom. The molecule has 1 atom stereocenters. The molecule has 2 N–H and O–H groups in total. The second-order valence-corrected chi connectivity index (χ2v) is 5.64. The molecule has 0 bridgehead atoms. The molecule has 0 fully saturated rings. The molecule has 0 amide bonds. The van der Waals surface area contributed by atoms with E-state index in [0.717, 1.165) is 0 Å². The third kappa shape index (κ3) is 3.30. The van der Waals surface area contributed by atoms with Gasteiger partial charge in [0.25, 0.3) is 0 Å². The summed E-state index contributed by atoms with van der Waals surface area (Å²) >= 11 is 0. The highest BCUT2D eigenvalue weighted by atomic mass is 32.2. The second kappa shape index (κ2) is 5.97. The molecule has 0 radical (unpaired) electrons. The molecule has 18 heavy (non-hydrogen) atoms. The van der Waals surface area contributed by atoms with E-state index in [4.69, 9.17) is 5.11 Å². The van der Waals surface area contributed by atoms with Crippen LogP contribution in [0.15, 0.2) is 29.2 Å². The van der Waals surface area contributed by atoms with E-state index in [1.54, 1.807) is 26.0 Å². The summed E-state index contributed by atoms with van der Waals surface area (Å²) < 4.78 is 25.8. The fourth-order valence-electron chi connectivity index (χ4n) is 1.71. The van der Waals surface area contributed by atoms with Gasteiger partial charge in [-0.3, -0.25) is 4.79 Å². The average molecular weight is 271 g/mol. The Balaban J connectivity index is 3.03. The lowest BCUT2D eigenvalue weighted by atomic mass is 9.97. The molecule has 0 saturated carbocycles. The van der Waals surface area contributed by atoms with Crippen LogP contribution < -0.4 is 4.72 Å². The third-order valence-corrected chi connectivity index (χ3v) is 4.19. The van der Waals surface area contributed by atoms with Crippen LogP contribution in [-0.4, -0.2) is 26.0 Å². The molecule has 1 aromatic rings. The monoisotopic (exact) mass is 271 g/mol. The lowest BCUT2D eigenvalue weighted by Gasteiger charge is -2.11. The highest BCUT2D eigenvalue weighted by Crippen LogP contribution is 2.21. The molecule has 1 aromatic carbocycles. The zero-order chi connectivity index (χ0) is 13.8.